The predicted molar refractivity (Wildman–Crippen MR) is 123 cm³/mol. The molecule has 1 atom stereocenters. The maximum absolute atomic E-state index is 13.0. The number of carbonyl (C=O) groups excluding carboxylic acids is 2. The van der Waals surface area contributed by atoms with Crippen molar-refractivity contribution in [3.63, 3.8) is 0 Å². The van der Waals surface area contributed by atoms with Gasteiger partial charge in [0.15, 0.2) is 6.10 Å². The molecule has 9 heteroatoms. The number of imidazole rings is 1. The average Bonchev–Trinajstić information content (AvgIpc) is 3.55. The first-order valence-electron chi connectivity index (χ1n) is 11.0. The molecule has 5 rings (SSSR count). The molecule has 1 N–H and O–H groups in total. The lowest BCUT2D eigenvalue weighted by molar-refractivity contribution is -0.172. The number of aromatic nitrogens is 2. The summed E-state index contributed by atoms with van der Waals surface area (Å²) < 4.78 is 13.7. The van der Waals surface area contributed by atoms with Gasteiger partial charge in [-0.15, -0.1) is 11.3 Å². The Labute approximate surface area is 196 Å². The topological polar surface area (TPSA) is 85.7 Å². The molecule has 0 saturated carbocycles. The van der Waals surface area contributed by atoms with Gasteiger partial charge in [0.2, 0.25) is 0 Å². The van der Waals surface area contributed by atoms with E-state index >= 15 is 0 Å². The summed E-state index contributed by atoms with van der Waals surface area (Å²) in [4.78, 5) is 33.0. The molecule has 4 heterocycles. The molecule has 1 aromatic carbocycles. The molecule has 8 nitrogen and oxygen atoms in total. The summed E-state index contributed by atoms with van der Waals surface area (Å²) in [6, 6.07) is 11.4. The molecule has 0 radical (unpaired) electrons. The molecule has 0 bridgehead atoms. The van der Waals surface area contributed by atoms with Crippen LogP contribution in [-0.4, -0.2) is 52.6 Å². The Morgan fingerprint density at radius 2 is 2.12 bits per heavy atom. The van der Waals surface area contributed by atoms with Gasteiger partial charge >= 0.3 is 0 Å². The van der Waals surface area contributed by atoms with Crippen LogP contribution in [0.1, 0.15) is 33.9 Å². The zero-order valence-corrected chi connectivity index (χ0v) is 19.2. The number of methoxy groups -OCH3 is 1. The number of benzene rings is 1. The Balaban J connectivity index is 1.27. The van der Waals surface area contributed by atoms with Crippen molar-refractivity contribution in [2.45, 2.75) is 37.6 Å². The highest BCUT2D eigenvalue weighted by molar-refractivity contribution is 7.12. The quantitative estimate of drug-likeness (QED) is 0.625. The minimum Gasteiger partial charge on any atom is -0.497 e. The van der Waals surface area contributed by atoms with Gasteiger partial charge in [0.05, 0.1) is 18.5 Å². The Hall–Kier alpha value is -3.17. The number of rotatable bonds is 5. The molecular formula is C24H26N4O4S. The summed E-state index contributed by atoms with van der Waals surface area (Å²) in [7, 11) is 1.62. The summed E-state index contributed by atoms with van der Waals surface area (Å²) in [6.45, 7) is 1.92. The van der Waals surface area contributed by atoms with E-state index in [4.69, 9.17) is 9.47 Å². The lowest BCUT2D eigenvalue weighted by Gasteiger charge is -2.45. The van der Waals surface area contributed by atoms with Gasteiger partial charge in [-0.2, -0.15) is 0 Å². The number of nitrogens with zero attached hydrogens (tertiary/aromatic N) is 3. The Bertz CT molecular complexity index is 1140. The van der Waals surface area contributed by atoms with E-state index in [9.17, 15) is 9.59 Å². The third-order valence-corrected chi connectivity index (χ3v) is 7.19. The van der Waals surface area contributed by atoms with Crippen LogP contribution < -0.4 is 10.1 Å². The van der Waals surface area contributed by atoms with Crippen LogP contribution in [0.25, 0.3) is 0 Å². The number of likely N-dealkylation sites (tertiary alicyclic amines) is 1. The highest BCUT2D eigenvalue weighted by Gasteiger charge is 2.47. The highest BCUT2D eigenvalue weighted by atomic mass is 32.1. The number of ether oxygens (including phenoxy) is 2. The fourth-order valence-corrected chi connectivity index (χ4v) is 5.28. The fourth-order valence-electron chi connectivity index (χ4n) is 4.59. The largest absolute Gasteiger partial charge is 0.497 e. The van der Waals surface area contributed by atoms with E-state index in [0.717, 1.165) is 22.0 Å². The molecular weight excluding hydrogens is 440 g/mol. The third kappa shape index (κ3) is 4.26. The van der Waals surface area contributed by atoms with Crippen molar-refractivity contribution >= 4 is 23.2 Å². The van der Waals surface area contributed by atoms with Gasteiger partial charge < -0.3 is 24.3 Å². The Kier molecular flexibility index (Phi) is 5.90. The molecule has 1 spiro atoms. The SMILES string of the molecule is COc1cccc(CNC(=O)[C@H]2Cn3ccnc3C3(CCN(C(=O)c4cccs4)CC3)O2)c1. The molecule has 0 unspecified atom stereocenters. The van der Waals surface area contributed by atoms with E-state index in [1.165, 1.54) is 11.3 Å². The lowest BCUT2D eigenvalue weighted by atomic mass is 9.88. The van der Waals surface area contributed by atoms with E-state index in [-0.39, 0.29) is 11.8 Å². The zero-order valence-electron chi connectivity index (χ0n) is 18.4. The number of carbonyl (C=O) groups is 2. The van der Waals surface area contributed by atoms with E-state index in [0.29, 0.717) is 39.0 Å². The summed E-state index contributed by atoms with van der Waals surface area (Å²) >= 11 is 1.45. The molecule has 3 aromatic rings. The molecule has 33 heavy (non-hydrogen) atoms. The number of hydrogen-bond acceptors (Lipinski definition) is 6. The smallest absolute Gasteiger partial charge is 0.263 e. The highest BCUT2D eigenvalue weighted by Crippen LogP contribution is 2.40. The molecule has 2 aliphatic heterocycles. The van der Waals surface area contributed by atoms with Gasteiger partial charge in [0, 0.05) is 44.9 Å². The summed E-state index contributed by atoms with van der Waals surface area (Å²) in [5.74, 6) is 1.48. The standard InChI is InChI=1S/C24H26N4O4S/c1-31-18-5-2-4-17(14-18)15-26-21(29)19-16-28-12-9-25-23(28)24(32-19)7-10-27(11-8-24)22(30)20-6-3-13-33-20/h2-6,9,12-14,19H,7-8,10-11,15-16H2,1H3,(H,26,29)/t19-/m1/s1. The van der Waals surface area contributed by atoms with E-state index in [1.807, 2.05) is 57.4 Å². The minimum absolute atomic E-state index is 0.0478. The first-order chi connectivity index (χ1) is 16.1. The molecule has 1 saturated heterocycles. The van der Waals surface area contributed by atoms with Crippen molar-refractivity contribution in [3.05, 3.63) is 70.4 Å². The first kappa shape index (κ1) is 21.7. The second kappa shape index (κ2) is 8.99. The number of amides is 2. The number of nitrogens with one attached hydrogen (secondary N) is 1. The van der Waals surface area contributed by atoms with Gasteiger partial charge in [0.25, 0.3) is 11.8 Å². The lowest BCUT2D eigenvalue weighted by Crippen LogP contribution is -2.54. The molecule has 0 aliphatic carbocycles. The fraction of sp³-hybridized carbons (Fsp3) is 0.375. The van der Waals surface area contributed by atoms with Crippen LogP contribution in [0.5, 0.6) is 5.75 Å². The van der Waals surface area contributed by atoms with Crippen LogP contribution >= 0.6 is 11.3 Å². The van der Waals surface area contributed by atoms with Crippen LogP contribution in [-0.2, 0) is 28.2 Å². The number of hydrogen-bond donors (Lipinski definition) is 1. The van der Waals surface area contributed by atoms with Crippen LogP contribution in [0, 0.1) is 0 Å². The molecule has 2 amide bonds. The van der Waals surface area contributed by atoms with Crippen molar-refractivity contribution in [2.75, 3.05) is 20.2 Å². The number of fused-ring (bicyclic) bond motifs is 2. The van der Waals surface area contributed by atoms with Gasteiger partial charge in [-0.1, -0.05) is 18.2 Å². The van der Waals surface area contributed by atoms with Gasteiger partial charge in [-0.3, -0.25) is 9.59 Å². The van der Waals surface area contributed by atoms with E-state index in [1.54, 1.807) is 13.3 Å². The first-order valence-corrected chi connectivity index (χ1v) is 11.9. The minimum atomic E-state index is -0.675. The maximum Gasteiger partial charge on any atom is 0.263 e. The van der Waals surface area contributed by atoms with Crippen molar-refractivity contribution in [1.29, 1.82) is 0 Å². The van der Waals surface area contributed by atoms with E-state index in [2.05, 4.69) is 10.3 Å². The summed E-state index contributed by atoms with van der Waals surface area (Å²) in [5, 5.41) is 4.91. The van der Waals surface area contributed by atoms with Gasteiger partial charge in [-0.05, 0) is 29.1 Å². The zero-order chi connectivity index (χ0) is 22.8. The molecule has 2 aliphatic rings. The second-order valence-electron chi connectivity index (χ2n) is 8.34. The van der Waals surface area contributed by atoms with Gasteiger partial charge in [-0.25, -0.2) is 4.98 Å². The van der Waals surface area contributed by atoms with E-state index < -0.39 is 11.7 Å². The number of thiophene rings is 1. The normalized spacial score (nSPS) is 19.2. The van der Waals surface area contributed by atoms with Crippen molar-refractivity contribution < 1.29 is 19.1 Å². The summed E-state index contributed by atoms with van der Waals surface area (Å²) in [5.41, 5.74) is 0.281. The van der Waals surface area contributed by atoms with Crippen LogP contribution in [0.3, 0.4) is 0 Å². The molecule has 172 valence electrons. The van der Waals surface area contributed by atoms with Crippen molar-refractivity contribution in [3.8, 4) is 5.75 Å². The second-order valence-corrected chi connectivity index (χ2v) is 9.29. The van der Waals surface area contributed by atoms with Crippen LogP contribution in [0.2, 0.25) is 0 Å². The van der Waals surface area contributed by atoms with Crippen molar-refractivity contribution in [1.82, 2.24) is 19.8 Å². The van der Waals surface area contributed by atoms with Gasteiger partial charge in [0.1, 0.15) is 17.2 Å². The molecule has 2 aromatic heterocycles. The summed E-state index contributed by atoms with van der Waals surface area (Å²) in [6.07, 6.45) is 4.21. The Morgan fingerprint density at radius 3 is 2.88 bits per heavy atom. The van der Waals surface area contributed by atoms with Crippen LogP contribution in [0.15, 0.2) is 54.2 Å². The number of piperidine rings is 1. The third-order valence-electron chi connectivity index (χ3n) is 6.34. The monoisotopic (exact) mass is 466 g/mol. The predicted octanol–water partition coefficient (Wildman–Crippen LogP) is 2.80. The molecule has 1 fully saturated rings. The average molecular weight is 467 g/mol. The Morgan fingerprint density at radius 1 is 1.27 bits per heavy atom. The van der Waals surface area contributed by atoms with Crippen LogP contribution in [0.4, 0.5) is 0 Å². The maximum atomic E-state index is 13.0. The van der Waals surface area contributed by atoms with Crippen molar-refractivity contribution in [2.24, 2.45) is 0 Å².